The molecular weight excluding hydrogens is 286 g/mol. The first-order chi connectivity index (χ1) is 11.1. The maximum atomic E-state index is 4.71. The molecule has 2 aliphatic heterocycles. The number of nitrogens with zero attached hydrogens (tertiary/aromatic N) is 5. The molecule has 0 aromatic carbocycles. The van der Waals surface area contributed by atoms with E-state index in [0.717, 1.165) is 36.7 Å². The molecule has 2 aliphatic rings. The third kappa shape index (κ3) is 4.34. The highest BCUT2D eigenvalue weighted by Gasteiger charge is 2.25. The van der Waals surface area contributed by atoms with E-state index in [-0.39, 0.29) is 0 Å². The van der Waals surface area contributed by atoms with Gasteiger partial charge in [0.15, 0.2) is 0 Å². The first kappa shape index (κ1) is 16.5. The molecule has 128 valence electrons. The van der Waals surface area contributed by atoms with Gasteiger partial charge in [-0.15, -0.1) is 0 Å². The maximum Gasteiger partial charge on any atom is 0.227 e. The highest BCUT2D eigenvalue weighted by Crippen LogP contribution is 2.24. The second kappa shape index (κ2) is 7.47. The van der Waals surface area contributed by atoms with E-state index in [4.69, 9.17) is 4.98 Å². The van der Waals surface area contributed by atoms with Gasteiger partial charge in [0.05, 0.1) is 0 Å². The van der Waals surface area contributed by atoms with Gasteiger partial charge in [-0.2, -0.15) is 4.98 Å². The van der Waals surface area contributed by atoms with Gasteiger partial charge in [-0.05, 0) is 56.7 Å². The van der Waals surface area contributed by atoms with Crippen molar-refractivity contribution >= 4 is 11.8 Å². The van der Waals surface area contributed by atoms with Crippen molar-refractivity contribution in [1.29, 1.82) is 0 Å². The Bertz CT molecular complexity index is 496. The van der Waals surface area contributed by atoms with Crippen LogP contribution in [0.15, 0.2) is 12.3 Å². The summed E-state index contributed by atoms with van der Waals surface area (Å²) in [6.07, 6.45) is 7.21. The lowest BCUT2D eigenvalue weighted by Crippen LogP contribution is -2.43. The summed E-state index contributed by atoms with van der Waals surface area (Å²) in [4.78, 5) is 16.3. The first-order valence-corrected chi connectivity index (χ1v) is 9.09. The molecule has 0 aliphatic carbocycles. The standard InChI is InChI=1S/C18H31N5/c1-15-7-11-22(12-8-15)13-16-5-4-10-23(14-16)18-19-9-6-17(20-18)21(2)3/h6,9,15-16H,4-5,7-8,10-14H2,1-3H3. The average Bonchev–Trinajstić information content (AvgIpc) is 2.57. The molecule has 1 aromatic rings. The second-order valence-electron chi connectivity index (χ2n) is 7.55. The monoisotopic (exact) mass is 317 g/mol. The molecule has 5 heteroatoms. The molecular formula is C18H31N5. The third-order valence-corrected chi connectivity index (χ3v) is 5.28. The lowest BCUT2D eigenvalue weighted by Gasteiger charge is -2.38. The van der Waals surface area contributed by atoms with E-state index in [1.165, 1.54) is 45.3 Å². The summed E-state index contributed by atoms with van der Waals surface area (Å²) < 4.78 is 0. The number of hydrogen-bond donors (Lipinski definition) is 0. The van der Waals surface area contributed by atoms with Crippen LogP contribution in [0.25, 0.3) is 0 Å². The van der Waals surface area contributed by atoms with Gasteiger partial charge in [0.1, 0.15) is 5.82 Å². The van der Waals surface area contributed by atoms with Crippen LogP contribution in [-0.4, -0.2) is 61.7 Å². The maximum absolute atomic E-state index is 4.71. The number of likely N-dealkylation sites (tertiary alicyclic amines) is 1. The topological polar surface area (TPSA) is 35.5 Å². The number of rotatable bonds is 4. The predicted molar refractivity (Wildman–Crippen MR) is 96.1 cm³/mol. The van der Waals surface area contributed by atoms with E-state index < -0.39 is 0 Å². The van der Waals surface area contributed by atoms with Gasteiger partial charge in [-0.1, -0.05) is 6.92 Å². The van der Waals surface area contributed by atoms with Crippen molar-refractivity contribution < 1.29 is 0 Å². The quantitative estimate of drug-likeness (QED) is 0.852. The van der Waals surface area contributed by atoms with Crippen molar-refractivity contribution in [1.82, 2.24) is 14.9 Å². The van der Waals surface area contributed by atoms with Crippen molar-refractivity contribution in [3.8, 4) is 0 Å². The fourth-order valence-electron chi connectivity index (χ4n) is 3.75. The molecule has 3 heterocycles. The van der Waals surface area contributed by atoms with Crippen molar-refractivity contribution in [3.05, 3.63) is 12.3 Å². The molecule has 0 spiro atoms. The van der Waals surface area contributed by atoms with Crippen LogP contribution in [0.1, 0.15) is 32.6 Å². The molecule has 3 rings (SSSR count). The highest BCUT2D eigenvalue weighted by molar-refractivity contribution is 5.42. The van der Waals surface area contributed by atoms with E-state index in [9.17, 15) is 0 Å². The minimum atomic E-state index is 0.753. The lowest BCUT2D eigenvalue weighted by atomic mass is 9.94. The Hall–Kier alpha value is -1.36. The molecule has 0 N–H and O–H groups in total. The zero-order valence-electron chi connectivity index (χ0n) is 14.9. The molecule has 2 fully saturated rings. The molecule has 0 amide bonds. The minimum Gasteiger partial charge on any atom is -0.363 e. The SMILES string of the molecule is CC1CCN(CC2CCCN(c3nccc(N(C)C)n3)C2)CC1. The molecule has 23 heavy (non-hydrogen) atoms. The normalized spacial score (nSPS) is 24.0. The van der Waals surface area contributed by atoms with E-state index >= 15 is 0 Å². The Morgan fingerprint density at radius 1 is 1.17 bits per heavy atom. The third-order valence-electron chi connectivity index (χ3n) is 5.28. The van der Waals surface area contributed by atoms with Crippen LogP contribution in [0, 0.1) is 11.8 Å². The number of anilines is 2. The van der Waals surface area contributed by atoms with E-state index in [1.54, 1.807) is 0 Å². The van der Waals surface area contributed by atoms with Gasteiger partial charge in [0.25, 0.3) is 0 Å². The van der Waals surface area contributed by atoms with Crippen molar-refractivity contribution in [2.24, 2.45) is 11.8 Å². The lowest BCUT2D eigenvalue weighted by molar-refractivity contribution is 0.159. The van der Waals surface area contributed by atoms with Gasteiger partial charge in [0.2, 0.25) is 5.95 Å². The first-order valence-electron chi connectivity index (χ1n) is 9.09. The number of piperidine rings is 2. The second-order valence-corrected chi connectivity index (χ2v) is 7.55. The van der Waals surface area contributed by atoms with Gasteiger partial charge in [-0.3, -0.25) is 0 Å². The number of hydrogen-bond acceptors (Lipinski definition) is 5. The van der Waals surface area contributed by atoms with Crippen molar-refractivity contribution in [3.63, 3.8) is 0 Å². The van der Waals surface area contributed by atoms with Crippen LogP contribution < -0.4 is 9.80 Å². The zero-order valence-corrected chi connectivity index (χ0v) is 14.9. The Balaban J connectivity index is 1.58. The summed E-state index contributed by atoms with van der Waals surface area (Å²) >= 11 is 0. The van der Waals surface area contributed by atoms with Crippen LogP contribution in [0.4, 0.5) is 11.8 Å². The van der Waals surface area contributed by atoms with Gasteiger partial charge in [0, 0.05) is 39.9 Å². The summed E-state index contributed by atoms with van der Waals surface area (Å²) in [6.45, 7) is 8.38. The fraction of sp³-hybridized carbons (Fsp3) is 0.778. The molecule has 1 atom stereocenters. The largest absolute Gasteiger partial charge is 0.363 e. The molecule has 1 aromatic heterocycles. The zero-order chi connectivity index (χ0) is 16.2. The van der Waals surface area contributed by atoms with Crippen molar-refractivity contribution in [2.45, 2.75) is 32.6 Å². The Labute approximate surface area is 140 Å². The Kier molecular flexibility index (Phi) is 5.36. The summed E-state index contributed by atoms with van der Waals surface area (Å²) in [5.74, 6) is 3.55. The van der Waals surface area contributed by atoms with Gasteiger partial charge >= 0.3 is 0 Å². The van der Waals surface area contributed by atoms with Gasteiger partial charge in [-0.25, -0.2) is 4.98 Å². The van der Waals surface area contributed by atoms with Crippen LogP contribution in [0.5, 0.6) is 0 Å². The Morgan fingerprint density at radius 2 is 1.96 bits per heavy atom. The summed E-state index contributed by atoms with van der Waals surface area (Å²) in [5, 5.41) is 0. The van der Waals surface area contributed by atoms with E-state index in [2.05, 4.69) is 21.7 Å². The van der Waals surface area contributed by atoms with Crippen molar-refractivity contribution in [2.75, 3.05) is 56.6 Å². The molecule has 1 unspecified atom stereocenters. The van der Waals surface area contributed by atoms with E-state index in [1.807, 2.05) is 31.3 Å². The number of aromatic nitrogens is 2. The smallest absolute Gasteiger partial charge is 0.227 e. The predicted octanol–water partition coefficient (Wildman–Crippen LogP) is 2.49. The molecule has 5 nitrogen and oxygen atoms in total. The molecule has 0 bridgehead atoms. The van der Waals surface area contributed by atoms with Crippen LogP contribution in [0.2, 0.25) is 0 Å². The minimum absolute atomic E-state index is 0.753. The molecule has 2 saturated heterocycles. The van der Waals surface area contributed by atoms with Crippen LogP contribution in [-0.2, 0) is 0 Å². The fourth-order valence-corrected chi connectivity index (χ4v) is 3.75. The summed E-state index contributed by atoms with van der Waals surface area (Å²) in [5.41, 5.74) is 0. The van der Waals surface area contributed by atoms with Crippen LogP contribution >= 0.6 is 0 Å². The van der Waals surface area contributed by atoms with E-state index in [0.29, 0.717) is 0 Å². The summed E-state index contributed by atoms with van der Waals surface area (Å²) in [6, 6.07) is 1.97. The molecule has 0 radical (unpaired) electrons. The van der Waals surface area contributed by atoms with Gasteiger partial charge < -0.3 is 14.7 Å². The molecule has 0 saturated carbocycles. The average molecular weight is 317 g/mol. The van der Waals surface area contributed by atoms with Crippen LogP contribution in [0.3, 0.4) is 0 Å². The highest BCUT2D eigenvalue weighted by atomic mass is 15.3. The summed E-state index contributed by atoms with van der Waals surface area (Å²) in [7, 11) is 4.06. The Morgan fingerprint density at radius 3 is 2.70 bits per heavy atom.